The first kappa shape index (κ1) is 23.4. The molecule has 3 N–H and O–H groups in total. The fourth-order valence-corrected chi connectivity index (χ4v) is 2.77. The first-order valence-electron chi connectivity index (χ1n) is 9.65. The van der Waals surface area contributed by atoms with E-state index in [0.29, 0.717) is 22.9 Å². The molecule has 2 aromatic rings. The molecule has 0 fully saturated rings. The number of ketones is 1. The summed E-state index contributed by atoms with van der Waals surface area (Å²) in [5.41, 5.74) is 0.917. The molecule has 0 saturated heterocycles. The molecule has 30 heavy (non-hydrogen) atoms. The maximum Gasteiger partial charge on any atom is 0.389 e. The van der Waals surface area contributed by atoms with Crippen molar-refractivity contribution in [2.45, 2.75) is 58.8 Å². The molecule has 0 aliphatic carbocycles. The van der Waals surface area contributed by atoms with Crippen LogP contribution < -0.4 is 10.6 Å². The van der Waals surface area contributed by atoms with Crippen molar-refractivity contribution in [3.8, 4) is 11.4 Å². The molecule has 0 saturated carbocycles. The number of aromatic nitrogens is 3. The number of anilines is 1. The number of carbonyl (C=O) groups is 2. The monoisotopic (exact) mass is 431 g/mol. The van der Waals surface area contributed by atoms with Crippen LogP contribution in [0.4, 0.5) is 19.0 Å². The normalized spacial score (nSPS) is 12.8. The van der Waals surface area contributed by atoms with E-state index >= 15 is 0 Å². The molecule has 0 bridgehead atoms. The van der Waals surface area contributed by atoms with Crippen LogP contribution in [0.5, 0.6) is 0 Å². The Bertz CT molecular complexity index is 892. The second-order valence-corrected chi connectivity index (χ2v) is 7.64. The summed E-state index contributed by atoms with van der Waals surface area (Å²) in [7, 11) is 0. The maximum absolute atomic E-state index is 12.5. The lowest BCUT2D eigenvalue weighted by molar-refractivity contribution is -0.143. The zero-order valence-electron chi connectivity index (χ0n) is 17.3. The first-order chi connectivity index (χ1) is 14.0. The van der Waals surface area contributed by atoms with Crippen molar-refractivity contribution in [2.75, 3.05) is 5.32 Å². The number of rotatable bonds is 9. The quantitative estimate of drug-likeness (QED) is 0.535. The molecule has 0 radical (unpaired) electrons. The Morgan fingerprint density at radius 3 is 2.53 bits per heavy atom. The van der Waals surface area contributed by atoms with Crippen molar-refractivity contribution >= 4 is 17.5 Å². The summed E-state index contributed by atoms with van der Waals surface area (Å²) >= 11 is 0. The van der Waals surface area contributed by atoms with Crippen molar-refractivity contribution < 1.29 is 27.0 Å². The van der Waals surface area contributed by atoms with Gasteiger partial charge in [0.05, 0.1) is 12.5 Å². The molecular weight excluding hydrogens is 399 g/mol. The van der Waals surface area contributed by atoms with Gasteiger partial charge in [-0.05, 0) is 31.9 Å². The van der Waals surface area contributed by atoms with Gasteiger partial charge in [-0.2, -0.15) is 13.2 Å². The number of hydrogen-bond donors (Lipinski definition) is 3. The van der Waals surface area contributed by atoms with Crippen molar-refractivity contribution in [1.29, 1.82) is 0 Å². The van der Waals surface area contributed by atoms with Gasteiger partial charge >= 0.3 is 6.18 Å². The Morgan fingerprint density at radius 1 is 1.23 bits per heavy atom. The Balaban J connectivity index is 0. The van der Waals surface area contributed by atoms with Gasteiger partial charge in [0.2, 0.25) is 0 Å². The number of nitrogens with zero attached hydrogens (tertiary/aromatic N) is 2. The van der Waals surface area contributed by atoms with Crippen LogP contribution in [0.25, 0.3) is 11.4 Å². The molecule has 0 aliphatic heterocycles. The molecule has 170 valence electrons. The van der Waals surface area contributed by atoms with Gasteiger partial charge in [0, 0.05) is 34.7 Å². The molecular formula is C20H32F3N5O2. The lowest BCUT2D eigenvalue weighted by Gasteiger charge is -2.22. The Kier molecular flexibility index (Phi) is 7.58. The Morgan fingerprint density at radius 2 is 1.93 bits per heavy atom. The molecule has 0 spiro atoms. The molecule has 7 nitrogen and oxygen atoms in total. The number of alkyl halides is 3. The van der Waals surface area contributed by atoms with E-state index in [9.17, 15) is 22.8 Å². The van der Waals surface area contributed by atoms with Gasteiger partial charge in [0.15, 0.2) is 11.6 Å². The highest BCUT2D eigenvalue weighted by atomic mass is 19.4. The summed E-state index contributed by atoms with van der Waals surface area (Å²) in [6.45, 7) is 7.19. The number of amides is 1. The van der Waals surface area contributed by atoms with E-state index in [2.05, 4.69) is 25.6 Å². The highest BCUT2D eigenvalue weighted by Crippen LogP contribution is 2.24. The molecule has 2 heterocycles. The largest absolute Gasteiger partial charge is 0.389 e. The van der Waals surface area contributed by atoms with E-state index < -0.39 is 30.8 Å². The summed E-state index contributed by atoms with van der Waals surface area (Å²) in [5, 5.41) is 5.69. The van der Waals surface area contributed by atoms with Crippen LogP contribution in [0.1, 0.15) is 55.3 Å². The zero-order chi connectivity index (χ0) is 22.5. The van der Waals surface area contributed by atoms with Crippen LogP contribution in [0.3, 0.4) is 0 Å². The van der Waals surface area contributed by atoms with Gasteiger partial charge in [-0.15, -0.1) is 0 Å². The third-order valence-electron chi connectivity index (χ3n) is 4.23. The van der Waals surface area contributed by atoms with E-state index in [4.69, 9.17) is 0 Å². The highest BCUT2D eigenvalue weighted by molar-refractivity contribution is 5.93. The minimum absolute atomic E-state index is 0. The second kappa shape index (κ2) is 9.73. The van der Waals surface area contributed by atoms with Crippen LogP contribution in [0.15, 0.2) is 24.5 Å². The SMILES string of the molecule is CC(C)NC(=O)c1cc(-c2nccc(N[C@@H](C(=O)CCC(F)(F)F)C(C)C)n2)c[nH]1.[HH].[HH].[HH]. The van der Waals surface area contributed by atoms with Crippen LogP contribution in [-0.4, -0.2) is 44.9 Å². The van der Waals surface area contributed by atoms with E-state index in [1.165, 1.54) is 12.3 Å². The van der Waals surface area contributed by atoms with E-state index in [1.807, 2.05) is 13.8 Å². The Hall–Kier alpha value is -2.91. The Labute approximate surface area is 177 Å². The first-order valence-corrected chi connectivity index (χ1v) is 9.65. The minimum atomic E-state index is -4.38. The van der Waals surface area contributed by atoms with Crippen molar-refractivity contribution in [3.05, 3.63) is 30.2 Å². The summed E-state index contributed by atoms with van der Waals surface area (Å²) in [5.74, 6) is -0.404. The van der Waals surface area contributed by atoms with E-state index in [0.717, 1.165) is 0 Å². The van der Waals surface area contributed by atoms with E-state index in [-0.39, 0.29) is 22.1 Å². The van der Waals surface area contributed by atoms with E-state index in [1.54, 1.807) is 26.1 Å². The fraction of sp³-hybridized carbons (Fsp3) is 0.500. The lowest BCUT2D eigenvalue weighted by Crippen LogP contribution is -2.35. The maximum atomic E-state index is 12.5. The number of aromatic amines is 1. The lowest BCUT2D eigenvalue weighted by atomic mass is 9.97. The molecule has 1 amide bonds. The third-order valence-corrected chi connectivity index (χ3v) is 4.23. The summed E-state index contributed by atoms with van der Waals surface area (Å²) < 4.78 is 37.4. The topological polar surface area (TPSA) is 99.8 Å². The van der Waals surface area contributed by atoms with Crippen molar-refractivity contribution in [1.82, 2.24) is 20.3 Å². The molecule has 0 unspecified atom stereocenters. The predicted molar refractivity (Wildman–Crippen MR) is 113 cm³/mol. The molecule has 2 rings (SSSR count). The number of carbonyl (C=O) groups excluding carboxylic acids is 2. The van der Waals surface area contributed by atoms with Crippen LogP contribution in [-0.2, 0) is 4.79 Å². The van der Waals surface area contributed by atoms with Gasteiger partial charge in [-0.1, -0.05) is 13.8 Å². The second-order valence-electron chi connectivity index (χ2n) is 7.64. The molecule has 2 aromatic heterocycles. The van der Waals surface area contributed by atoms with Crippen molar-refractivity contribution in [3.63, 3.8) is 0 Å². The number of H-pyrrole nitrogens is 1. The van der Waals surface area contributed by atoms with Gasteiger partial charge in [0.25, 0.3) is 5.91 Å². The van der Waals surface area contributed by atoms with Crippen LogP contribution >= 0.6 is 0 Å². The number of nitrogens with one attached hydrogen (secondary N) is 3. The summed E-state index contributed by atoms with van der Waals surface area (Å²) in [4.78, 5) is 35.8. The van der Waals surface area contributed by atoms with Crippen LogP contribution in [0.2, 0.25) is 0 Å². The standard InChI is InChI=1S/C20H26F3N5O2.3H2/c1-11(2)17(15(29)5-7-20(21,22)23)27-16-6-8-24-18(28-16)13-9-14(25-10-13)19(30)26-12(3)4;;;/h6,8-12,17,25H,5,7H2,1-4H3,(H,26,30)(H,24,27,28);3*1H/t17-;;;/m1.../s1. The fourth-order valence-electron chi connectivity index (χ4n) is 2.77. The zero-order valence-corrected chi connectivity index (χ0v) is 17.3. The summed E-state index contributed by atoms with van der Waals surface area (Å²) in [6, 6.07) is 2.31. The number of hydrogen-bond acceptors (Lipinski definition) is 5. The van der Waals surface area contributed by atoms with Gasteiger partial charge in [-0.25, -0.2) is 9.97 Å². The molecule has 10 heteroatoms. The van der Waals surface area contributed by atoms with Crippen LogP contribution in [0, 0.1) is 5.92 Å². The molecule has 0 aliphatic rings. The average Bonchev–Trinajstić information content (AvgIpc) is 3.13. The number of halogens is 3. The molecule has 1 atom stereocenters. The van der Waals surface area contributed by atoms with Gasteiger partial charge < -0.3 is 15.6 Å². The smallest absolute Gasteiger partial charge is 0.360 e. The highest BCUT2D eigenvalue weighted by Gasteiger charge is 2.31. The average molecular weight is 432 g/mol. The predicted octanol–water partition coefficient (Wildman–Crippen LogP) is 4.70. The molecule has 0 aromatic carbocycles. The number of Topliss-reactive ketones (excluding diaryl/α,β-unsaturated/α-hetero) is 1. The third kappa shape index (κ3) is 6.85. The van der Waals surface area contributed by atoms with Crippen molar-refractivity contribution in [2.24, 2.45) is 5.92 Å². The minimum Gasteiger partial charge on any atom is -0.360 e. The van der Waals surface area contributed by atoms with Gasteiger partial charge in [-0.3, -0.25) is 9.59 Å². The van der Waals surface area contributed by atoms with Gasteiger partial charge in [0.1, 0.15) is 11.5 Å². The summed E-state index contributed by atoms with van der Waals surface area (Å²) in [6.07, 6.45) is -3.07.